The summed E-state index contributed by atoms with van der Waals surface area (Å²) >= 11 is 0. The first-order chi connectivity index (χ1) is 16.2. The molecule has 1 aliphatic carbocycles. The molecule has 5 nitrogen and oxygen atoms in total. The number of rotatable bonds is 7. The van der Waals surface area contributed by atoms with E-state index in [1.54, 1.807) is 24.5 Å². The molecule has 2 atom stereocenters. The van der Waals surface area contributed by atoms with Gasteiger partial charge in [0.2, 0.25) is 5.95 Å². The molecule has 0 fully saturated rings. The molecule has 0 radical (unpaired) electrons. The van der Waals surface area contributed by atoms with E-state index in [1.807, 2.05) is 6.08 Å². The van der Waals surface area contributed by atoms with Crippen LogP contribution in [-0.4, -0.2) is 28.5 Å². The van der Waals surface area contributed by atoms with Crippen LogP contribution in [0.15, 0.2) is 83.4 Å². The second kappa shape index (κ2) is 9.62. The molecule has 0 spiro atoms. The molecular weight excluding hydrogens is 446 g/mol. The van der Waals surface area contributed by atoms with E-state index < -0.39 is 23.7 Å². The lowest BCUT2D eigenvalue weighted by molar-refractivity contribution is -0.0860. The van der Waals surface area contributed by atoms with Crippen LogP contribution in [0.25, 0.3) is 11.1 Å². The van der Waals surface area contributed by atoms with Gasteiger partial charge < -0.3 is 10.6 Å². The molecule has 0 saturated heterocycles. The molecule has 34 heavy (non-hydrogen) atoms. The van der Waals surface area contributed by atoms with E-state index in [1.165, 1.54) is 6.07 Å². The predicted molar refractivity (Wildman–Crippen MR) is 124 cm³/mol. The van der Waals surface area contributed by atoms with Crippen LogP contribution in [0.2, 0.25) is 0 Å². The third-order valence-corrected chi connectivity index (χ3v) is 5.37. The fraction of sp³-hybridized carbons (Fsp3) is 0.240. The molecule has 0 bridgehead atoms. The molecule has 2 N–H and O–H groups in total. The highest BCUT2D eigenvalue weighted by Crippen LogP contribution is 2.27. The Kier molecular flexibility index (Phi) is 6.63. The van der Waals surface area contributed by atoms with Gasteiger partial charge >= 0.3 is 6.18 Å². The van der Waals surface area contributed by atoms with Crippen LogP contribution >= 0.6 is 0 Å². The summed E-state index contributed by atoms with van der Waals surface area (Å²) in [6.45, 7) is 5.94. The van der Waals surface area contributed by atoms with Crippen molar-refractivity contribution in [1.82, 2.24) is 15.3 Å². The largest absolute Gasteiger partial charge is 0.417 e. The van der Waals surface area contributed by atoms with Crippen molar-refractivity contribution >= 4 is 12.2 Å². The van der Waals surface area contributed by atoms with Gasteiger partial charge in [0.25, 0.3) is 0 Å². The van der Waals surface area contributed by atoms with Crippen LogP contribution in [0.1, 0.15) is 18.9 Å². The summed E-state index contributed by atoms with van der Waals surface area (Å²) in [4.78, 5) is 12.5. The second-order valence-electron chi connectivity index (χ2n) is 8.18. The molecule has 2 unspecified atom stereocenters. The summed E-state index contributed by atoms with van der Waals surface area (Å²) in [6, 6.07) is 4.80. The Morgan fingerprint density at radius 2 is 1.94 bits per heavy atom. The molecule has 1 aromatic heterocycles. The minimum absolute atomic E-state index is 0.0727. The predicted octanol–water partition coefficient (Wildman–Crippen LogP) is 5.72. The number of dihydropyridines is 1. The number of aliphatic imine (C=N–C) groups is 1. The number of halogens is 4. The molecule has 1 aromatic carbocycles. The minimum Gasteiger partial charge on any atom is -0.367 e. The van der Waals surface area contributed by atoms with Gasteiger partial charge in [-0.05, 0) is 29.2 Å². The number of anilines is 1. The highest BCUT2D eigenvalue weighted by Gasteiger charge is 2.33. The van der Waals surface area contributed by atoms with E-state index in [2.05, 4.69) is 51.2 Å². The summed E-state index contributed by atoms with van der Waals surface area (Å²) in [7, 11) is 0. The van der Waals surface area contributed by atoms with E-state index in [4.69, 9.17) is 0 Å². The number of hydrogen-bond acceptors (Lipinski definition) is 5. The molecular formula is C25H23F4N5. The summed E-state index contributed by atoms with van der Waals surface area (Å²) in [5.74, 6) is 0.393. The lowest BCUT2D eigenvalue weighted by atomic mass is 10.0. The summed E-state index contributed by atoms with van der Waals surface area (Å²) < 4.78 is 52.8. The molecule has 0 amide bonds. The van der Waals surface area contributed by atoms with E-state index >= 15 is 0 Å². The average Bonchev–Trinajstić information content (AvgIpc) is 3.20. The van der Waals surface area contributed by atoms with E-state index in [0.717, 1.165) is 18.0 Å². The van der Waals surface area contributed by atoms with Crippen LogP contribution < -0.4 is 10.6 Å². The van der Waals surface area contributed by atoms with Crippen LogP contribution in [0.3, 0.4) is 0 Å². The number of hydrogen-bond donors (Lipinski definition) is 2. The Morgan fingerprint density at radius 1 is 1.18 bits per heavy atom. The topological polar surface area (TPSA) is 62.2 Å². The van der Waals surface area contributed by atoms with Crippen molar-refractivity contribution in [3.63, 3.8) is 0 Å². The first kappa shape index (κ1) is 23.4. The quantitative estimate of drug-likeness (QED) is 0.509. The zero-order valence-electron chi connectivity index (χ0n) is 18.4. The smallest absolute Gasteiger partial charge is 0.367 e. The normalized spacial score (nSPS) is 19.6. The standard InChI is InChI=1S/C25H23F4N5/c1-15-3-7-21(9-15)34-24-31-12-19(13-32-24)17-4-5-18(22(26)11-17)10-16(2)33-23-8-6-20(14-30-23)25(27,28)29/h3-7,9,11-15,23,33H,2,8,10H2,1H3,(H,31,32,34). The Labute approximate surface area is 194 Å². The van der Waals surface area contributed by atoms with Gasteiger partial charge in [-0.3, -0.25) is 4.99 Å². The van der Waals surface area contributed by atoms with Crippen LogP contribution in [-0.2, 0) is 6.42 Å². The van der Waals surface area contributed by atoms with Gasteiger partial charge in [-0.25, -0.2) is 14.4 Å². The van der Waals surface area contributed by atoms with Crippen molar-refractivity contribution in [2.24, 2.45) is 10.9 Å². The fourth-order valence-electron chi connectivity index (χ4n) is 3.60. The van der Waals surface area contributed by atoms with Crippen molar-refractivity contribution < 1.29 is 17.6 Å². The summed E-state index contributed by atoms with van der Waals surface area (Å²) in [5.41, 5.74) is 2.32. The molecule has 176 valence electrons. The molecule has 1 aliphatic heterocycles. The molecule has 2 aromatic rings. The fourth-order valence-corrected chi connectivity index (χ4v) is 3.60. The third kappa shape index (κ3) is 5.78. The summed E-state index contributed by atoms with van der Waals surface area (Å²) in [6.07, 6.45) is 6.48. The van der Waals surface area contributed by atoms with Gasteiger partial charge in [0.05, 0.1) is 5.57 Å². The molecule has 0 saturated carbocycles. The maximum absolute atomic E-state index is 14.7. The van der Waals surface area contributed by atoms with Crippen LogP contribution in [0.4, 0.5) is 23.5 Å². The zero-order chi connectivity index (χ0) is 24.3. The van der Waals surface area contributed by atoms with E-state index in [9.17, 15) is 17.6 Å². The number of alkyl halides is 3. The zero-order valence-corrected chi connectivity index (χ0v) is 18.4. The lowest BCUT2D eigenvalue weighted by Gasteiger charge is -2.20. The van der Waals surface area contributed by atoms with Crippen molar-refractivity contribution in [1.29, 1.82) is 0 Å². The Hall–Kier alpha value is -3.75. The van der Waals surface area contributed by atoms with E-state index in [0.29, 0.717) is 34.3 Å². The average molecular weight is 469 g/mol. The maximum Gasteiger partial charge on any atom is 0.417 e. The van der Waals surface area contributed by atoms with Crippen molar-refractivity contribution in [3.05, 3.63) is 89.8 Å². The van der Waals surface area contributed by atoms with Crippen molar-refractivity contribution in [3.8, 4) is 11.1 Å². The highest BCUT2D eigenvalue weighted by molar-refractivity contribution is 5.81. The number of allylic oxidation sites excluding steroid dienone is 5. The number of benzene rings is 1. The van der Waals surface area contributed by atoms with Crippen LogP contribution in [0, 0.1) is 11.7 Å². The van der Waals surface area contributed by atoms with Gasteiger partial charge in [-0.1, -0.05) is 43.9 Å². The molecule has 9 heteroatoms. The molecule has 2 aliphatic rings. The SMILES string of the molecule is C=C(Cc1ccc(-c2cnc(NC3=CC(C)C=C3)nc2)cc1F)NC1CC=C(C(F)(F)F)C=N1. The second-order valence-corrected chi connectivity index (χ2v) is 8.18. The number of aromatic nitrogens is 2. The highest BCUT2D eigenvalue weighted by atomic mass is 19.4. The van der Waals surface area contributed by atoms with Gasteiger partial charge in [0, 0.05) is 48.4 Å². The third-order valence-electron chi connectivity index (χ3n) is 5.37. The molecule has 4 rings (SSSR count). The number of nitrogens with zero attached hydrogens (tertiary/aromatic N) is 3. The van der Waals surface area contributed by atoms with E-state index in [-0.39, 0.29) is 12.8 Å². The van der Waals surface area contributed by atoms with Gasteiger partial charge in [0.1, 0.15) is 12.0 Å². The maximum atomic E-state index is 14.7. The molecule has 2 heterocycles. The number of nitrogens with one attached hydrogen (secondary N) is 2. The first-order valence-corrected chi connectivity index (χ1v) is 10.7. The Balaban J connectivity index is 1.35. The van der Waals surface area contributed by atoms with Gasteiger partial charge in [-0.2, -0.15) is 13.2 Å². The van der Waals surface area contributed by atoms with Crippen molar-refractivity contribution in [2.75, 3.05) is 5.32 Å². The van der Waals surface area contributed by atoms with Gasteiger partial charge in [0.15, 0.2) is 0 Å². The first-order valence-electron chi connectivity index (χ1n) is 10.7. The lowest BCUT2D eigenvalue weighted by Crippen LogP contribution is -2.30. The minimum atomic E-state index is -4.41. The Bertz CT molecular complexity index is 1190. The monoisotopic (exact) mass is 469 g/mol. The Morgan fingerprint density at radius 3 is 2.53 bits per heavy atom. The van der Waals surface area contributed by atoms with Crippen molar-refractivity contribution in [2.45, 2.75) is 32.1 Å². The van der Waals surface area contributed by atoms with Crippen LogP contribution in [0.5, 0.6) is 0 Å². The van der Waals surface area contributed by atoms with Gasteiger partial charge in [-0.15, -0.1) is 0 Å². The summed E-state index contributed by atoms with van der Waals surface area (Å²) in [5, 5.41) is 6.07.